The first-order valence-electron chi connectivity index (χ1n) is 43.0. The second kappa shape index (κ2) is 35.4. The van der Waals surface area contributed by atoms with Crippen LogP contribution in [0.3, 0.4) is 0 Å². The Labute approximate surface area is 774 Å². The van der Waals surface area contributed by atoms with Crippen LogP contribution < -0.4 is 0 Å². The zero-order valence-electron chi connectivity index (χ0n) is 71.1. The largest absolute Gasteiger partial charge is 0.434 e. The molecule has 4 aliphatic rings. The van der Waals surface area contributed by atoms with Crippen molar-refractivity contribution in [1.82, 2.24) is 114 Å². The number of imidazole rings is 1. The molecule has 646 valence electrons. The van der Waals surface area contributed by atoms with Crippen molar-refractivity contribution in [2.24, 2.45) is 11.8 Å². The maximum atomic E-state index is 13.0. The molecule has 0 saturated carbocycles. The number of thiazole rings is 1. The summed E-state index contributed by atoms with van der Waals surface area (Å²) in [4.78, 5) is 98.5. The molecule has 0 radical (unpaired) electrons. The molecule has 26 rings (SSSR count). The van der Waals surface area contributed by atoms with Crippen LogP contribution in [0.15, 0.2) is 409 Å². The lowest BCUT2D eigenvalue weighted by atomic mass is 9.62. The van der Waals surface area contributed by atoms with E-state index < -0.39 is 11.7 Å². The Morgan fingerprint density at radius 1 is 0.338 bits per heavy atom. The summed E-state index contributed by atoms with van der Waals surface area (Å²) >= 11 is 1.75. The van der Waals surface area contributed by atoms with Crippen LogP contribution in [0, 0.1) is 11.8 Å². The highest BCUT2D eigenvalue weighted by atomic mass is 32.1. The van der Waals surface area contributed by atoms with E-state index in [2.05, 4.69) is 229 Å². The Morgan fingerprint density at radius 3 is 1.53 bits per heavy atom. The molecule has 7 aromatic carbocycles. The van der Waals surface area contributed by atoms with Crippen LogP contribution in [0.2, 0.25) is 0 Å². The molecule has 0 saturated heterocycles. The first-order chi connectivity index (χ1) is 67.0. The third-order valence-corrected chi connectivity index (χ3v) is 24.1. The summed E-state index contributed by atoms with van der Waals surface area (Å²) in [5.74, 6) is 4.47. The third-order valence-electron chi connectivity index (χ3n) is 23.0. The first-order valence-corrected chi connectivity index (χ1v) is 43.8. The highest BCUT2D eigenvalue weighted by molar-refractivity contribution is 7.21. The summed E-state index contributed by atoms with van der Waals surface area (Å²) in [6.45, 7) is 0. The quantitative estimate of drug-likeness (QED) is 0.0968. The maximum Gasteiger partial charge on any atom is 0.416 e. The molecule has 29 heteroatoms. The van der Waals surface area contributed by atoms with E-state index in [1.165, 1.54) is 56.6 Å². The molecule has 0 amide bonds. The highest BCUT2D eigenvalue weighted by Crippen LogP contribution is 2.54. The number of halogens is 3. The van der Waals surface area contributed by atoms with Gasteiger partial charge in [0.15, 0.2) is 46.1 Å². The molecule has 136 heavy (non-hydrogen) atoms. The Morgan fingerprint density at radius 2 is 0.875 bits per heavy atom. The number of oxazole rings is 2. The van der Waals surface area contributed by atoms with Gasteiger partial charge in [-0.1, -0.05) is 127 Å². The van der Waals surface area contributed by atoms with Crippen LogP contribution in [0.1, 0.15) is 11.1 Å². The number of pyridine rings is 6. The van der Waals surface area contributed by atoms with Gasteiger partial charge in [0.2, 0.25) is 23.3 Å². The van der Waals surface area contributed by atoms with Crippen LogP contribution in [0.5, 0.6) is 0 Å². The normalized spacial score (nSPS) is 14.0. The Balaban J connectivity index is 0.000000103. The molecule has 15 heterocycles. The minimum Gasteiger partial charge on any atom is -0.434 e. The lowest BCUT2D eigenvalue weighted by Crippen LogP contribution is -2.29. The second-order valence-electron chi connectivity index (χ2n) is 31.5. The zero-order chi connectivity index (χ0) is 91.0. The van der Waals surface area contributed by atoms with E-state index in [1.807, 2.05) is 122 Å². The predicted molar refractivity (Wildman–Crippen MR) is 514 cm³/mol. The summed E-state index contributed by atoms with van der Waals surface area (Å²) in [5, 5.41) is 3.01. The van der Waals surface area contributed by atoms with Crippen molar-refractivity contribution in [2.45, 2.75) is 6.18 Å². The molecular weight excluding hydrogens is 1730 g/mol. The Hall–Kier alpha value is -18.5. The standard InChI is InChI=1S/C34H21N7.C34H22N2S.C20H10F3N7O.C19H11N7O/c1-2-11-24(12-3-1)41-30-15-5-4-14-27(30)40-34(41)29-20-28(38-33(39-29)23-10-6-16-35-21-23)26-19-22-9-7-17-36-31(22)32-25(26)13-8-18-37-32;1-2-12-31-30(11-1)36-34(37-31)27-17-25(24-9-5-15-35-20-24)16-26(18-27)29-19-23-8-3-6-21-13-14-22-7-4-10-28(29)33(22)32(21)23;21-20(22,23)12-4-5-13-14(9-12)31-19(27-13)18-29-15(11-3-1-6-24-10-11)28-17(30-18)16-25-7-2-8-26-16;1-2-7-14-13(6-1)23-19(27-14)18-25-15(12-5-3-8-20-11-12)24-17(26-18)16-21-9-4-10-22-16/h1-21H;1-20,32-33H;1-10H;1-11H. The number of benzene rings is 7. The van der Waals surface area contributed by atoms with Crippen molar-refractivity contribution in [3.63, 3.8) is 0 Å². The van der Waals surface area contributed by atoms with Crippen molar-refractivity contribution in [2.75, 3.05) is 0 Å². The fourth-order valence-electron chi connectivity index (χ4n) is 16.8. The summed E-state index contributed by atoms with van der Waals surface area (Å²) < 4.78 is 53.8. The molecule has 25 nitrogen and oxygen atoms in total. The Kier molecular flexibility index (Phi) is 21.3. The molecule has 0 fully saturated rings. The zero-order valence-corrected chi connectivity index (χ0v) is 71.9. The van der Waals surface area contributed by atoms with Gasteiger partial charge in [-0.15, -0.1) is 11.3 Å². The molecule has 2 atom stereocenters. The third kappa shape index (κ3) is 16.3. The number of nitrogens with zero attached hydrogens (tertiary/aromatic N) is 23. The van der Waals surface area contributed by atoms with Crippen molar-refractivity contribution in [3.05, 3.63) is 411 Å². The number of rotatable bonds is 13. The van der Waals surface area contributed by atoms with Crippen molar-refractivity contribution >= 4 is 82.2 Å². The van der Waals surface area contributed by atoms with Gasteiger partial charge >= 0.3 is 6.18 Å². The first kappa shape index (κ1) is 81.9. The molecule has 0 spiro atoms. The van der Waals surface area contributed by atoms with E-state index in [1.54, 1.807) is 97.6 Å². The van der Waals surface area contributed by atoms with Crippen LogP contribution in [-0.4, -0.2) is 114 Å². The number of hydrogen-bond donors (Lipinski definition) is 0. The number of alkyl halides is 3. The van der Waals surface area contributed by atoms with Gasteiger partial charge in [-0.2, -0.15) is 13.2 Å². The molecule has 22 aromatic rings. The number of fused-ring (bicyclic) bond motifs is 7. The minimum absolute atomic E-state index is 0.0288. The van der Waals surface area contributed by atoms with E-state index in [0.717, 1.165) is 112 Å². The lowest BCUT2D eigenvalue weighted by Gasteiger charge is -2.41. The smallest absolute Gasteiger partial charge is 0.416 e. The van der Waals surface area contributed by atoms with Crippen LogP contribution in [0.4, 0.5) is 13.2 Å². The van der Waals surface area contributed by atoms with E-state index >= 15 is 0 Å². The van der Waals surface area contributed by atoms with E-state index in [0.29, 0.717) is 63.7 Å². The SMILES string of the molecule is C1=CC2=CC=C3C=CC=C4C(c5cc(-c6cccnc6)cc(-c6nc7ccccc7s6)c5)=CC(=C1)C2C34.FC(F)(F)c1ccc2nc(-c3nc(-c4cccnc4)nc(-c4ncccn4)n3)oc2c1.c1ccc(-n2c(-c3cc(-c4cc5cccnc5c5ncccc45)nc(-c4cccnc4)n3)nc3ccccc32)cc1.c1cnc(-c2nc(-c3cccnc3)nc(-c3nc4ccccc4o3)n2)nc1. The van der Waals surface area contributed by atoms with Gasteiger partial charge in [0, 0.05) is 148 Å². The van der Waals surface area contributed by atoms with Crippen molar-refractivity contribution in [1.29, 1.82) is 0 Å². The van der Waals surface area contributed by atoms with Gasteiger partial charge < -0.3 is 8.83 Å². The summed E-state index contributed by atoms with van der Waals surface area (Å²) in [6, 6.07) is 74.9. The fraction of sp³-hybridized carbons (Fsp3) is 0.0280. The van der Waals surface area contributed by atoms with Crippen LogP contribution >= 0.6 is 11.3 Å². The maximum absolute atomic E-state index is 13.0. The lowest BCUT2D eigenvalue weighted by molar-refractivity contribution is -0.137. The van der Waals surface area contributed by atoms with E-state index in [9.17, 15) is 13.2 Å². The number of hydrogen-bond acceptors (Lipinski definition) is 25. The Bertz CT molecular complexity index is 8430. The van der Waals surface area contributed by atoms with Gasteiger partial charge in [-0.3, -0.25) is 34.5 Å². The fourth-order valence-corrected chi connectivity index (χ4v) is 17.8. The second-order valence-corrected chi connectivity index (χ2v) is 32.5. The van der Waals surface area contributed by atoms with Gasteiger partial charge in [-0.05, 0) is 203 Å². The molecular formula is C107H64F3N23O2S. The van der Waals surface area contributed by atoms with Gasteiger partial charge in [0.1, 0.15) is 21.7 Å². The van der Waals surface area contributed by atoms with Crippen LogP contribution in [0.25, 0.3) is 202 Å². The molecule has 2 unspecified atom stereocenters. The molecule has 4 aliphatic carbocycles. The molecule has 0 aliphatic heterocycles. The predicted octanol–water partition coefficient (Wildman–Crippen LogP) is 23.2. The van der Waals surface area contributed by atoms with Gasteiger partial charge in [0.05, 0.1) is 43.5 Å². The topological polar surface area (TPSA) is 315 Å². The molecule has 15 aromatic heterocycles. The molecule has 0 bridgehead atoms. The minimum atomic E-state index is -4.50. The van der Waals surface area contributed by atoms with Gasteiger partial charge in [0.25, 0.3) is 11.8 Å². The number of para-hydroxylation sites is 6. The van der Waals surface area contributed by atoms with Gasteiger partial charge in [-0.25, -0.2) is 79.7 Å². The van der Waals surface area contributed by atoms with Crippen molar-refractivity contribution < 1.29 is 22.0 Å². The average molecular weight is 1790 g/mol. The summed E-state index contributed by atoms with van der Waals surface area (Å²) in [5.41, 5.74) is 22.5. The number of allylic oxidation sites excluding steroid dienone is 14. The van der Waals surface area contributed by atoms with Crippen LogP contribution in [-0.2, 0) is 6.18 Å². The van der Waals surface area contributed by atoms with E-state index in [4.69, 9.17) is 33.8 Å². The van der Waals surface area contributed by atoms with E-state index in [-0.39, 0.29) is 40.3 Å². The number of aromatic nitrogens is 23. The average Bonchev–Trinajstić information content (AvgIpc) is 0.932. The summed E-state index contributed by atoms with van der Waals surface area (Å²) in [6.07, 6.45) is 39.8. The molecule has 0 N–H and O–H groups in total. The summed E-state index contributed by atoms with van der Waals surface area (Å²) in [7, 11) is 0. The highest BCUT2D eigenvalue weighted by Gasteiger charge is 2.40. The monoisotopic (exact) mass is 1790 g/mol. The van der Waals surface area contributed by atoms with Crippen molar-refractivity contribution in [3.8, 4) is 131 Å².